The van der Waals surface area contributed by atoms with Gasteiger partial charge >= 0.3 is 0 Å². The summed E-state index contributed by atoms with van der Waals surface area (Å²) in [6.07, 6.45) is 0. The predicted molar refractivity (Wildman–Crippen MR) is 76.8 cm³/mol. The maximum Gasteiger partial charge on any atom is 0.186 e. The average molecular weight is 256 g/mol. The average Bonchev–Trinajstić information content (AvgIpc) is 2.39. The Labute approximate surface area is 114 Å². The Bertz CT molecular complexity index is 534. The van der Waals surface area contributed by atoms with Crippen LogP contribution in [0.15, 0.2) is 54.6 Å². The van der Waals surface area contributed by atoms with E-state index in [4.69, 9.17) is 0 Å². The van der Waals surface area contributed by atoms with Gasteiger partial charge in [0.2, 0.25) is 0 Å². The van der Waals surface area contributed by atoms with Crippen LogP contribution in [0.5, 0.6) is 0 Å². The minimum absolute atomic E-state index is 0.110. The van der Waals surface area contributed by atoms with Crippen LogP contribution in [0.4, 0.5) is 0 Å². The van der Waals surface area contributed by atoms with E-state index in [9.17, 15) is 10.2 Å². The summed E-state index contributed by atoms with van der Waals surface area (Å²) in [5.74, 6) is -1.78. The third-order valence-corrected chi connectivity index (χ3v) is 3.65. The van der Waals surface area contributed by atoms with Crippen molar-refractivity contribution in [2.24, 2.45) is 0 Å². The lowest BCUT2D eigenvalue weighted by Gasteiger charge is -2.27. The molecule has 0 atom stereocenters. The minimum atomic E-state index is -1.78. The van der Waals surface area contributed by atoms with Gasteiger partial charge in [-0.3, -0.25) is 0 Å². The zero-order valence-corrected chi connectivity index (χ0v) is 11.6. The molecule has 0 aromatic heterocycles. The molecule has 0 aliphatic heterocycles. The van der Waals surface area contributed by atoms with E-state index in [0.29, 0.717) is 5.56 Å². The van der Waals surface area contributed by atoms with E-state index in [0.717, 1.165) is 5.56 Å². The van der Waals surface area contributed by atoms with Crippen LogP contribution in [0.25, 0.3) is 0 Å². The SMILES string of the molecule is CC(O)(O)c1ccc(C(C)(C)c2ccccc2)cc1. The Morgan fingerprint density at radius 1 is 0.632 bits per heavy atom. The molecule has 0 aliphatic rings. The van der Waals surface area contributed by atoms with Gasteiger partial charge in [0.25, 0.3) is 0 Å². The molecule has 0 heterocycles. The van der Waals surface area contributed by atoms with Crippen molar-refractivity contribution in [3.63, 3.8) is 0 Å². The first kappa shape index (κ1) is 13.8. The number of aliphatic hydroxyl groups is 2. The lowest BCUT2D eigenvalue weighted by Crippen LogP contribution is -2.21. The second-order valence-electron chi connectivity index (χ2n) is 5.59. The Balaban J connectivity index is 2.37. The molecular weight excluding hydrogens is 236 g/mol. The van der Waals surface area contributed by atoms with Gasteiger partial charge in [0, 0.05) is 11.0 Å². The second-order valence-corrected chi connectivity index (χ2v) is 5.59. The third kappa shape index (κ3) is 2.86. The quantitative estimate of drug-likeness (QED) is 0.828. The predicted octanol–water partition coefficient (Wildman–Crippen LogP) is 3.17. The van der Waals surface area contributed by atoms with Crippen molar-refractivity contribution in [2.75, 3.05) is 0 Å². The number of benzene rings is 2. The van der Waals surface area contributed by atoms with Crippen LogP contribution in [-0.2, 0) is 11.2 Å². The molecule has 0 bridgehead atoms. The standard InChI is InChI=1S/C17H20O2/c1-16(2,13-7-5-4-6-8-13)14-9-11-15(12-10-14)17(3,18)19/h4-12,18-19H,1-3H3. The first-order chi connectivity index (χ1) is 8.82. The molecule has 2 N–H and O–H groups in total. The summed E-state index contributed by atoms with van der Waals surface area (Å²) in [5, 5.41) is 19.1. The molecule has 2 nitrogen and oxygen atoms in total. The number of hydrogen-bond acceptors (Lipinski definition) is 2. The minimum Gasteiger partial charge on any atom is -0.362 e. The Morgan fingerprint density at radius 3 is 1.53 bits per heavy atom. The fourth-order valence-corrected chi connectivity index (χ4v) is 2.22. The summed E-state index contributed by atoms with van der Waals surface area (Å²) in [5.41, 5.74) is 2.77. The molecule has 2 aromatic rings. The van der Waals surface area contributed by atoms with Gasteiger partial charge < -0.3 is 10.2 Å². The van der Waals surface area contributed by atoms with E-state index in [2.05, 4.69) is 26.0 Å². The van der Waals surface area contributed by atoms with Crippen molar-refractivity contribution < 1.29 is 10.2 Å². The third-order valence-electron chi connectivity index (χ3n) is 3.65. The first-order valence-electron chi connectivity index (χ1n) is 6.43. The van der Waals surface area contributed by atoms with Crippen LogP contribution in [0.3, 0.4) is 0 Å². The summed E-state index contributed by atoms with van der Waals surface area (Å²) in [4.78, 5) is 0. The molecule has 0 saturated carbocycles. The van der Waals surface area contributed by atoms with E-state index in [1.54, 1.807) is 12.1 Å². The number of rotatable bonds is 3. The van der Waals surface area contributed by atoms with E-state index in [1.807, 2.05) is 30.3 Å². The lowest BCUT2D eigenvalue weighted by molar-refractivity contribution is -0.152. The highest BCUT2D eigenvalue weighted by Gasteiger charge is 2.24. The fourth-order valence-electron chi connectivity index (χ4n) is 2.22. The van der Waals surface area contributed by atoms with Crippen LogP contribution in [-0.4, -0.2) is 10.2 Å². The van der Waals surface area contributed by atoms with Crippen molar-refractivity contribution in [2.45, 2.75) is 32.0 Å². The topological polar surface area (TPSA) is 40.5 Å². The summed E-state index contributed by atoms with van der Waals surface area (Å²) in [7, 11) is 0. The molecule has 19 heavy (non-hydrogen) atoms. The Morgan fingerprint density at radius 2 is 1.05 bits per heavy atom. The maximum absolute atomic E-state index is 9.56. The Hall–Kier alpha value is -1.64. The van der Waals surface area contributed by atoms with Crippen molar-refractivity contribution in [3.8, 4) is 0 Å². The van der Waals surface area contributed by atoms with Gasteiger partial charge in [-0.25, -0.2) is 0 Å². The van der Waals surface area contributed by atoms with E-state index in [1.165, 1.54) is 12.5 Å². The molecule has 2 aromatic carbocycles. The van der Waals surface area contributed by atoms with Crippen molar-refractivity contribution in [1.82, 2.24) is 0 Å². The maximum atomic E-state index is 9.56. The van der Waals surface area contributed by atoms with Gasteiger partial charge in [-0.15, -0.1) is 0 Å². The molecule has 0 aliphatic carbocycles. The van der Waals surface area contributed by atoms with Gasteiger partial charge in [0.15, 0.2) is 5.79 Å². The van der Waals surface area contributed by atoms with E-state index < -0.39 is 5.79 Å². The largest absolute Gasteiger partial charge is 0.362 e. The highest BCUT2D eigenvalue weighted by atomic mass is 16.5. The molecule has 0 fully saturated rings. The highest BCUT2D eigenvalue weighted by Crippen LogP contribution is 2.32. The summed E-state index contributed by atoms with van der Waals surface area (Å²) < 4.78 is 0. The van der Waals surface area contributed by atoms with E-state index in [-0.39, 0.29) is 5.41 Å². The smallest absolute Gasteiger partial charge is 0.186 e. The zero-order chi connectivity index (χ0) is 14.1. The van der Waals surface area contributed by atoms with Gasteiger partial charge in [-0.2, -0.15) is 0 Å². The molecule has 2 rings (SSSR count). The molecule has 0 unspecified atom stereocenters. The Kier molecular flexibility index (Phi) is 3.48. The van der Waals surface area contributed by atoms with Crippen molar-refractivity contribution in [3.05, 3.63) is 71.3 Å². The highest BCUT2D eigenvalue weighted by molar-refractivity contribution is 5.39. The van der Waals surface area contributed by atoms with Crippen LogP contribution < -0.4 is 0 Å². The summed E-state index contributed by atoms with van der Waals surface area (Å²) in [6.45, 7) is 5.69. The fraction of sp³-hybridized carbons (Fsp3) is 0.294. The summed E-state index contributed by atoms with van der Waals surface area (Å²) >= 11 is 0. The van der Waals surface area contributed by atoms with Gasteiger partial charge in [-0.05, 0) is 18.1 Å². The zero-order valence-electron chi connectivity index (χ0n) is 11.6. The molecule has 2 heteroatoms. The first-order valence-corrected chi connectivity index (χ1v) is 6.43. The van der Waals surface area contributed by atoms with Crippen LogP contribution in [0, 0.1) is 0 Å². The molecule has 0 saturated heterocycles. The molecular formula is C17H20O2. The van der Waals surface area contributed by atoms with E-state index >= 15 is 0 Å². The molecule has 0 amide bonds. The van der Waals surface area contributed by atoms with Gasteiger partial charge in [0.05, 0.1) is 0 Å². The summed E-state index contributed by atoms with van der Waals surface area (Å²) in [6, 6.07) is 17.7. The monoisotopic (exact) mass is 256 g/mol. The van der Waals surface area contributed by atoms with Gasteiger partial charge in [-0.1, -0.05) is 68.4 Å². The van der Waals surface area contributed by atoms with Crippen LogP contribution in [0.2, 0.25) is 0 Å². The van der Waals surface area contributed by atoms with Crippen LogP contribution >= 0.6 is 0 Å². The lowest BCUT2D eigenvalue weighted by atomic mass is 9.78. The molecule has 100 valence electrons. The van der Waals surface area contributed by atoms with Crippen molar-refractivity contribution >= 4 is 0 Å². The van der Waals surface area contributed by atoms with Crippen molar-refractivity contribution in [1.29, 1.82) is 0 Å². The molecule has 0 radical (unpaired) electrons. The molecule has 0 spiro atoms. The normalized spacial score (nSPS) is 12.5. The second kappa shape index (κ2) is 4.80. The van der Waals surface area contributed by atoms with Crippen LogP contribution in [0.1, 0.15) is 37.5 Å². The number of hydrogen-bond donors (Lipinski definition) is 2. The van der Waals surface area contributed by atoms with Gasteiger partial charge in [0.1, 0.15) is 0 Å².